The largest absolute Gasteiger partial charge is 0.381 e. The molecule has 0 amide bonds. The first-order valence-electron chi connectivity index (χ1n) is 6.62. The maximum Gasteiger partial charge on any atom is 0.146 e. The average molecular weight is 401 g/mol. The number of hydrogen-bond donors (Lipinski definition) is 0. The molecule has 3 rings (SSSR count). The van der Waals surface area contributed by atoms with Crippen LogP contribution in [0.1, 0.15) is 24.6 Å². The first-order valence-corrected chi connectivity index (χ1v) is 8.07. The second-order valence-corrected chi connectivity index (χ2v) is 6.25. The van der Waals surface area contributed by atoms with E-state index in [2.05, 4.69) is 27.6 Å². The molecule has 0 bridgehead atoms. The lowest BCUT2D eigenvalue weighted by Crippen LogP contribution is -2.18. The molecule has 5 heteroatoms. The van der Waals surface area contributed by atoms with Gasteiger partial charge in [-0.05, 0) is 35.4 Å². The smallest absolute Gasteiger partial charge is 0.146 e. The van der Waals surface area contributed by atoms with Crippen LogP contribution in [0.15, 0.2) is 30.3 Å². The molecule has 1 fully saturated rings. The number of rotatable bonds is 2. The fourth-order valence-corrected chi connectivity index (χ4v) is 3.08. The van der Waals surface area contributed by atoms with Crippen LogP contribution >= 0.6 is 34.2 Å². The first kappa shape index (κ1) is 14.2. The fraction of sp³-hybridized carbons (Fsp3) is 0.333. The molecule has 1 aliphatic rings. The Morgan fingerprint density at radius 2 is 2.00 bits per heavy atom. The van der Waals surface area contributed by atoms with E-state index >= 15 is 0 Å². The van der Waals surface area contributed by atoms with Crippen molar-refractivity contribution in [3.63, 3.8) is 0 Å². The molecule has 20 heavy (non-hydrogen) atoms. The van der Waals surface area contributed by atoms with Crippen LogP contribution in [-0.2, 0) is 4.74 Å². The highest BCUT2D eigenvalue weighted by Gasteiger charge is 2.22. The van der Waals surface area contributed by atoms with Gasteiger partial charge in [0.2, 0.25) is 0 Å². The molecule has 104 valence electrons. The fourth-order valence-electron chi connectivity index (χ4n) is 2.35. The number of hydrogen-bond acceptors (Lipinski definition) is 3. The summed E-state index contributed by atoms with van der Waals surface area (Å²) in [4.78, 5) is 9.19. The minimum absolute atomic E-state index is 0.251. The monoisotopic (exact) mass is 400 g/mol. The number of ether oxygens (including phenoxy) is 1. The van der Waals surface area contributed by atoms with E-state index in [1.807, 2.05) is 30.3 Å². The Bertz CT molecular complexity index is 600. The minimum Gasteiger partial charge on any atom is -0.381 e. The van der Waals surface area contributed by atoms with Gasteiger partial charge >= 0.3 is 0 Å². The van der Waals surface area contributed by atoms with Gasteiger partial charge in [-0.2, -0.15) is 0 Å². The Labute approximate surface area is 136 Å². The highest BCUT2D eigenvalue weighted by Crippen LogP contribution is 2.31. The molecule has 0 radical (unpaired) electrons. The van der Waals surface area contributed by atoms with E-state index in [0.29, 0.717) is 11.8 Å². The molecule has 0 saturated carbocycles. The second-order valence-electron chi connectivity index (χ2n) is 4.82. The maximum absolute atomic E-state index is 6.29. The number of benzene rings is 1. The summed E-state index contributed by atoms with van der Waals surface area (Å²) < 4.78 is 6.43. The third-order valence-electron chi connectivity index (χ3n) is 3.40. The second kappa shape index (κ2) is 6.37. The molecule has 1 saturated heterocycles. The number of halogens is 2. The van der Waals surface area contributed by atoms with E-state index < -0.39 is 0 Å². The Balaban J connectivity index is 2.03. The summed E-state index contributed by atoms with van der Waals surface area (Å²) in [6, 6.07) is 10.1. The zero-order valence-electron chi connectivity index (χ0n) is 10.9. The molecule has 0 spiro atoms. The minimum atomic E-state index is 0.251. The van der Waals surface area contributed by atoms with Gasteiger partial charge in [0.1, 0.15) is 11.0 Å². The van der Waals surface area contributed by atoms with Crippen molar-refractivity contribution in [2.24, 2.45) is 0 Å². The zero-order chi connectivity index (χ0) is 13.9. The predicted molar refractivity (Wildman–Crippen MR) is 88.0 cm³/mol. The van der Waals surface area contributed by atoms with Gasteiger partial charge in [-0.1, -0.05) is 41.9 Å². The van der Waals surface area contributed by atoms with Crippen molar-refractivity contribution in [2.45, 2.75) is 18.8 Å². The van der Waals surface area contributed by atoms with Gasteiger partial charge in [0.05, 0.1) is 15.9 Å². The Hall–Kier alpha value is -0.720. The molecule has 3 nitrogen and oxygen atoms in total. The van der Waals surface area contributed by atoms with Gasteiger partial charge in [-0.15, -0.1) is 0 Å². The van der Waals surface area contributed by atoms with Crippen LogP contribution in [0.3, 0.4) is 0 Å². The molecule has 2 heterocycles. The highest BCUT2D eigenvalue weighted by atomic mass is 127. The zero-order valence-corrected chi connectivity index (χ0v) is 13.8. The maximum atomic E-state index is 6.29. The summed E-state index contributed by atoms with van der Waals surface area (Å²) >= 11 is 8.50. The summed E-state index contributed by atoms with van der Waals surface area (Å²) in [6.45, 7) is 1.52. The lowest BCUT2D eigenvalue weighted by atomic mass is 10.0. The van der Waals surface area contributed by atoms with Crippen molar-refractivity contribution in [1.82, 2.24) is 9.97 Å². The van der Waals surface area contributed by atoms with E-state index in [1.54, 1.807) is 0 Å². The van der Waals surface area contributed by atoms with Crippen LogP contribution in [0, 0.1) is 3.57 Å². The molecule has 1 unspecified atom stereocenters. The summed E-state index contributed by atoms with van der Waals surface area (Å²) in [5.74, 6) is 1.05. The Morgan fingerprint density at radius 1 is 1.20 bits per heavy atom. The van der Waals surface area contributed by atoms with E-state index in [0.717, 1.165) is 40.1 Å². The van der Waals surface area contributed by atoms with Crippen molar-refractivity contribution in [3.8, 4) is 11.3 Å². The van der Waals surface area contributed by atoms with Gasteiger partial charge in [0.15, 0.2) is 0 Å². The molecule has 0 aliphatic carbocycles. The van der Waals surface area contributed by atoms with Gasteiger partial charge < -0.3 is 4.74 Å². The predicted octanol–water partition coefficient (Wildman–Crippen LogP) is 4.30. The lowest BCUT2D eigenvalue weighted by Gasteiger charge is -2.21. The normalized spacial score (nSPS) is 19.0. The van der Waals surface area contributed by atoms with E-state index in [4.69, 9.17) is 21.3 Å². The summed E-state index contributed by atoms with van der Waals surface area (Å²) in [7, 11) is 0. The van der Waals surface area contributed by atoms with Gasteiger partial charge in [0, 0.05) is 18.1 Å². The number of aromatic nitrogens is 2. The molecular weight excluding hydrogens is 387 g/mol. The van der Waals surface area contributed by atoms with Crippen molar-refractivity contribution >= 4 is 34.2 Å². The van der Waals surface area contributed by atoms with Crippen LogP contribution in [0.25, 0.3) is 11.3 Å². The lowest BCUT2D eigenvalue weighted by molar-refractivity contribution is 0.0781. The quantitative estimate of drug-likeness (QED) is 0.557. The molecular formula is C15H14ClIN2O. The topological polar surface area (TPSA) is 35.0 Å². The van der Waals surface area contributed by atoms with Crippen LogP contribution < -0.4 is 0 Å². The molecule has 1 aromatic heterocycles. The van der Waals surface area contributed by atoms with Crippen molar-refractivity contribution in [1.29, 1.82) is 0 Å². The van der Waals surface area contributed by atoms with Crippen LogP contribution in [0.4, 0.5) is 0 Å². The molecule has 1 atom stereocenters. The van der Waals surface area contributed by atoms with Crippen LogP contribution in [-0.4, -0.2) is 23.2 Å². The van der Waals surface area contributed by atoms with Gasteiger partial charge in [-0.25, -0.2) is 9.97 Å². The SMILES string of the molecule is Clc1nc(C2CCCOC2)nc(-c2ccccc2)c1I. The van der Waals surface area contributed by atoms with Gasteiger partial charge in [0.25, 0.3) is 0 Å². The van der Waals surface area contributed by atoms with Crippen molar-refractivity contribution in [2.75, 3.05) is 13.2 Å². The third kappa shape index (κ3) is 2.97. The standard InChI is InChI=1S/C15H14ClIN2O/c16-14-12(17)13(10-5-2-1-3-6-10)18-15(19-14)11-7-4-8-20-9-11/h1-3,5-6,11H,4,7-9H2. The van der Waals surface area contributed by atoms with E-state index in [9.17, 15) is 0 Å². The molecule has 2 aromatic rings. The Kier molecular flexibility index (Phi) is 4.53. The summed E-state index contributed by atoms with van der Waals surface area (Å²) in [5.41, 5.74) is 1.98. The van der Waals surface area contributed by atoms with E-state index in [-0.39, 0.29) is 5.92 Å². The van der Waals surface area contributed by atoms with Crippen molar-refractivity contribution < 1.29 is 4.74 Å². The third-order valence-corrected chi connectivity index (χ3v) is 5.01. The molecule has 0 N–H and O–H groups in total. The molecule has 1 aliphatic heterocycles. The van der Waals surface area contributed by atoms with Crippen molar-refractivity contribution in [3.05, 3.63) is 44.9 Å². The summed E-state index contributed by atoms with van der Waals surface area (Å²) in [6.07, 6.45) is 2.11. The van der Waals surface area contributed by atoms with Gasteiger partial charge in [-0.3, -0.25) is 0 Å². The first-order chi connectivity index (χ1) is 9.75. The summed E-state index contributed by atoms with van der Waals surface area (Å²) in [5, 5.41) is 0.528. The van der Waals surface area contributed by atoms with E-state index in [1.165, 1.54) is 0 Å². The molecule has 1 aromatic carbocycles. The number of nitrogens with zero attached hydrogens (tertiary/aromatic N) is 2. The van der Waals surface area contributed by atoms with Crippen LogP contribution in [0.2, 0.25) is 5.15 Å². The average Bonchev–Trinajstić information content (AvgIpc) is 2.51. The Morgan fingerprint density at radius 3 is 2.70 bits per heavy atom. The highest BCUT2D eigenvalue weighted by molar-refractivity contribution is 14.1. The van der Waals surface area contributed by atoms with Crippen LogP contribution in [0.5, 0.6) is 0 Å².